The molecule has 0 bridgehead atoms. The van der Waals surface area contributed by atoms with Crippen molar-refractivity contribution in [3.63, 3.8) is 0 Å². The molecule has 102 valence electrons. The lowest BCUT2D eigenvalue weighted by atomic mass is 10.4. The second-order valence-electron chi connectivity index (χ2n) is 3.79. The third-order valence-corrected chi connectivity index (χ3v) is 5.27. The molecule has 2 aromatic rings. The van der Waals surface area contributed by atoms with E-state index in [0.717, 1.165) is 11.3 Å². The van der Waals surface area contributed by atoms with Crippen LogP contribution in [0.1, 0.15) is 16.3 Å². The lowest BCUT2D eigenvalue weighted by molar-refractivity contribution is 0.285. The predicted octanol–water partition coefficient (Wildman–Crippen LogP) is 0.843. The van der Waals surface area contributed by atoms with E-state index >= 15 is 0 Å². The van der Waals surface area contributed by atoms with Crippen molar-refractivity contribution >= 4 is 27.3 Å². The standard InChI is InChI=1S/C10H12N4O3S2/c1-6-7(2)12-13-10(11-6)14-19(16,17)9-4-3-8(5-15)18-9/h3-4,15H,5H2,1-2H3,(H,11,13,14). The highest BCUT2D eigenvalue weighted by atomic mass is 32.2. The Kier molecular flexibility index (Phi) is 3.78. The molecule has 0 spiro atoms. The highest BCUT2D eigenvalue weighted by Gasteiger charge is 2.18. The topological polar surface area (TPSA) is 105 Å². The van der Waals surface area contributed by atoms with E-state index in [4.69, 9.17) is 5.11 Å². The first-order chi connectivity index (χ1) is 8.92. The maximum atomic E-state index is 12.0. The molecule has 2 heterocycles. The van der Waals surface area contributed by atoms with Crippen molar-refractivity contribution < 1.29 is 13.5 Å². The average Bonchev–Trinajstić information content (AvgIpc) is 2.83. The van der Waals surface area contributed by atoms with Gasteiger partial charge in [-0.1, -0.05) is 0 Å². The Balaban J connectivity index is 2.28. The summed E-state index contributed by atoms with van der Waals surface area (Å²) >= 11 is 0.990. The average molecular weight is 300 g/mol. The summed E-state index contributed by atoms with van der Waals surface area (Å²) < 4.78 is 26.4. The van der Waals surface area contributed by atoms with Crippen LogP contribution in [0.2, 0.25) is 0 Å². The van der Waals surface area contributed by atoms with Gasteiger partial charge in [0.1, 0.15) is 4.21 Å². The van der Waals surface area contributed by atoms with E-state index in [2.05, 4.69) is 19.9 Å². The summed E-state index contributed by atoms with van der Waals surface area (Å²) in [5, 5.41) is 16.4. The predicted molar refractivity (Wildman–Crippen MR) is 70.4 cm³/mol. The lowest BCUT2D eigenvalue weighted by Crippen LogP contribution is -2.15. The number of aliphatic hydroxyl groups is 1. The van der Waals surface area contributed by atoms with Gasteiger partial charge in [-0.2, -0.15) is 5.10 Å². The van der Waals surface area contributed by atoms with Crippen LogP contribution in [0.3, 0.4) is 0 Å². The number of hydrogen-bond donors (Lipinski definition) is 2. The van der Waals surface area contributed by atoms with Crippen LogP contribution in [0.15, 0.2) is 16.3 Å². The summed E-state index contributed by atoms with van der Waals surface area (Å²) in [6.07, 6.45) is 0. The van der Waals surface area contributed by atoms with Gasteiger partial charge in [0, 0.05) is 4.88 Å². The molecule has 2 aromatic heterocycles. The van der Waals surface area contributed by atoms with Crippen molar-refractivity contribution in [2.45, 2.75) is 24.7 Å². The van der Waals surface area contributed by atoms with E-state index in [1.54, 1.807) is 19.9 Å². The first-order valence-electron chi connectivity index (χ1n) is 5.32. The first-order valence-corrected chi connectivity index (χ1v) is 7.62. The normalized spacial score (nSPS) is 11.5. The largest absolute Gasteiger partial charge is 0.391 e. The number of sulfonamides is 1. The van der Waals surface area contributed by atoms with Crippen LogP contribution >= 0.6 is 11.3 Å². The molecule has 19 heavy (non-hydrogen) atoms. The van der Waals surface area contributed by atoms with Gasteiger partial charge in [0.2, 0.25) is 0 Å². The molecule has 0 aliphatic carbocycles. The van der Waals surface area contributed by atoms with E-state index in [0.29, 0.717) is 16.3 Å². The summed E-state index contributed by atoms with van der Waals surface area (Å²) in [4.78, 5) is 4.57. The molecule has 0 unspecified atom stereocenters. The molecule has 0 aromatic carbocycles. The molecule has 0 aliphatic heterocycles. The first kappa shape index (κ1) is 13.8. The Labute approximate surface area is 114 Å². The number of hydrogen-bond acceptors (Lipinski definition) is 7. The molecule has 0 atom stereocenters. The van der Waals surface area contributed by atoms with Gasteiger partial charge in [-0.05, 0) is 26.0 Å². The molecular formula is C10H12N4O3S2. The molecule has 2 N–H and O–H groups in total. The van der Waals surface area contributed by atoms with Crippen molar-refractivity contribution in [3.8, 4) is 0 Å². The van der Waals surface area contributed by atoms with Gasteiger partial charge < -0.3 is 5.11 Å². The Morgan fingerprint density at radius 1 is 1.26 bits per heavy atom. The molecule has 7 nitrogen and oxygen atoms in total. The molecule has 0 saturated carbocycles. The van der Waals surface area contributed by atoms with Crippen molar-refractivity contribution in [3.05, 3.63) is 28.4 Å². The number of aryl methyl sites for hydroxylation is 2. The smallest absolute Gasteiger partial charge is 0.273 e. The number of nitrogens with zero attached hydrogens (tertiary/aromatic N) is 3. The Morgan fingerprint density at radius 2 is 2.00 bits per heavy atom. The maximum Gasteiger partial charge on any atom is 0.273 e. The number of nitrogens with one attached hydrogen (secondary N) is 1. The summed E-state index contributed by atoms with van der Waals surface area (Å²) in [6, 6.07) is 2.98. The van der Waals surface area contributed by atoms with Crippen LogP contribution in [-0.4, -0.2) is 28.7 Å². The number of anilines is 1. The van der Waals surface area contributed by atoms with Crippen LogP contribution in [0.25, 0.3) is 0 Å². The second kappa shape index (κ2) is 5.19. The molecule has 0 saturated heterocycles. The molecular weight excluding hydrogens is 288 g/mol. The second-order valence-corrected chi connectivity index (χ2v) is 6.87. The SMILES string of the molecule is Cc1nnc(NS(=O)(=O)c2ccc(CO)s2)nc1C. The minimum Gasteiger partial charge on any atom is -0.391 e. The van der Waals surface area contributed by atoms with Crippen molar-refractivity contribution in [2.75, 3.05) is 4.72 Å². The van der Waals surface area contributed by atoms with Crippen molar-refractivity contribution in [2.24, 2.45) is 0 Å². The fourth-order valence-electron chi connectivity index (χ4n) is 1.26. The highest BCUT2D eigenvalue weighted by molar-refractivity contribution is 7.94. The van der Waals surface area contributed by atoms with Gasteiger partial charge in [-0.25, -0.2) is 18.1 Å². The summed E-state index contributed by atoms with van der Waals surface area (Å²) in [5.74, 6) is -0.0675. The van der Waals surface area contributed by atoms with Crippen LogP contribution in [-0.2, 0) is 16.6 Å². The molecule has 9 heteroatoms. The van der Waals surface area contributed by atoms with Gasteiger partial charge in [-0.3, -0.25) is 0 Å². The zero-order valence-electron chi connectivity index (χ0n) is 10.3. The summed E-state index contributed by atoms with van der Waals surface area (Å²) in [5.41, 5.74) is 1.25. The van der Waals surface area contributed by atoms with Crippen LogP contribution in [0.4, 0.5) is 5.95 Å². The molecule has 0 radical (unpaired) electrons. The quantitative estimate of drug-likeness (QED) is 0.867. The van der Waals surface area contributed by atoms with E-state index in [-0.39, 0.29) is 16.8 Å². The minimum atomic E-state index is -3.74. The van der Waals surface area contributed by atoms with E-state index < -0.39 is 10.0 Å². The summed E-state index contributed by atoms with van der Waals surface area (Å²) in [6.45, 7) is 3.26. The van der Waals surface area contributed by atoms with E-state index in [1.165, 1.54) is 6.07 Å². The maximum absolute atomic E-state index is 12.0. The van der Waals surface area contributed by atoms with Gasteiger partial charge in [0.15, 0.2) is 0 Å². The van der Waals surface area contributed by atoms with Crippen molar-refractivity contribution in [1.29, 1.82) is 0 Å². The fourth-order valence-corrected chi connectivity index (χ4v) is 3.41. The van der Waals surface area contributed by atoms with Crippen LogP contribution in [0, 0.1) is 13.8 Å². The zero-order valence-corrected chi connectivity index (χ0v) is 11.9. The molecule has 0 fully saturated rings. The van der Waals surface area contributed by atoms with Crippen molar-refractivity contribution in [1.82, 2.24) is 15.2 Å². The minimum absolute atomic E-state index is 0.0675. The third kappa shape index (κ3) is 3.06. The van der Waals surface area contributed by atoms with Crippen LogP contribution in [0.5, 0.6) is 0 Å². The Morgan fingerprint density at radius 3 is 2.58 bits per heavy atom. The molecule has 0 amide bonds. The van der Waals surface area contributed by atoms with Gasteiger partial charge >= 0.3 is 0 Å². The van der Waals surface area contributed by atoms with E-state index in [1.807, 2.05) is 0 Å². The number of aromatic nitrogens is 3. The molecule has 0 aliphatic rings. The highest BCUT2D eigenvalue weighted by Crippen LogP contribution is 2.23. The monoisotopic (exact) mass is 300 g/mol. The zero-order chi connectivity index (χ0) is 14.0. The Bertz CT molecular complexity index is 697. The van der Waals surface area contributed by atoms with Gasteiger partial charge in [-0.15, -0.1) is 16.4 Å². The lowest BCUT2D eigenvalue weighted by Gasteiger charge is -2.05. The van der Waals surface area contributed by atoms with Gasteiger partial charge in [0.05, 0.1) is 18.0 Å². The Hall–Kier alpha value is -1.58. The fraction of sp³-hybridized carbons (Fsp3) is 0.300. The van der Waals surface area contributed by atoms with Crippen LogP contribution < -0.4 is 4.72 Å². The van der Waals surface area contributed by atoms with E-state index in [9.17, 15) is 8.42 Å². The molecule has 2 rings (SSSR count). The number of rotatable bonds is 4. The number of thiophene rings is 1. The van der Waals surface area contributed by atoms with Gasteiger partial charge in [0.25, 0.3) is 16.0 Å². The summed E-state index contributed by atoms with van der Waals surface area (Å²) in [7, 11) is -3.74. The number of aliphatic hydroxyl groups excluding tert-OH is 1. The third-order valence-electron chi connectivity index (χ3n) is 2.38.